The van der Waals surface area contributed by atoms with E-state index in [1.165, 1.54) is 0 Å². The molecule has 8 heteroatoms. The summed E-state index contributed by atoms with van der Waals surface area (Å²) in [6, 6.07) is 5.77. The number of carbonyl (C=O) groups is 2. The lowest BCUT2D eigenvalue weighted by Crippen LogP contribution is -2.48. The van der Waals surface area contributed by atoms with Crippen LogP contribution in [0, 0.1) is 5.92 Å². The maximum absolute atomic E-state index is 12.4. The van der Waals surface area contributed by atoms with E-state index in [1.807, 2.05) is 23.1 Å². The number of amides is 2. The zero-order valence-corrected chi connectivity index (χ0v) is 13.7. The van der Waals surface area contributed by atoms with Crippen molar-refractivity contribution in [2.75, 3.05) is 18.4 Å². The van der Waals surface area contributed by atoms with E-state index >= 15 is 0 Å². The van der Waals surface area contributed by atoms with Gasteiger partial charge in [-0.15, -0.1) is 0 Å². The Bertz CT molecular complexity index is 731. The van der Waals surface area contributed by atoms with E-state index in [1.54, 1.807) is 0 Å². The van der Waals surface area contributed by atoms with Crippen LogP contribution < -0.4 is 11.1 Å². The Morgan fingerprint density at radius 1 is 1.39 bits per heavy atom. The first-order valence-electron chi connectivity index (χ1n) is 7.59. The second-order valence-corrected chi connectivity index (χ2v) is 6.47. The molecule has 2 heterocycles. The largest absolute Gasteiger partial charge is 0.369 e. The van der Waals surface area contributed by atoms with Crippen LogP contribution >= 0.6 is 11.7 Å². The van der Waals surface area contributed by atoms with Gasteiger partial charge in [-0.05, 0) is 31.9 Å². The molecule has 2 atom stereocenters. The van der Waals surface area contributed by atoms with Crippen molar-refractivity contribution in [2.45, 2.75) is 25.8 Å². The molecule has 0 saturated carbocycles. The monoisotopic (exact) mass is 333 g/mol. The summed E-state index contributed by atoms with van der Waals surface area (Å²) < 4.78 is 8.37. The molecule has 3 rings (SSSR count). The van der Waals surface area contributed by atoms with E-state index in [4.69, 9.17) is 5.73 Å². The molecule has 3 N–H and O–H groups in total. The molecule has 1 saturated heterocycles. The minimum Gasteiger partial charge on any atom is -0.369 e. The number of nitrogens with zero attached hydrogens (tertiary/aromatic N) is 3. The number of benzene rings is 1. The topological polar surface area (TPSA) is 101 Å². The van der Waals surface area contributed by atoms with Crippen LogP contribution in [-0.2, 0) is 9.59 Å². The van der Waals surface area contributed by atoms with Crippen molar-refractivity contribution in [2.24, 2.45) is 11.7 Å². The maximum Gasteiger partial charge on any atom is 0.238 e. The number of nitrogens with one attached hydrogen (secondary N) is 1. The smallest absolute Gasteiger partial charge is 0.238 e. The standard InChI is InChI=1S/C15H19N5O2S/c1-9-5-6-10(15(16)22)7-20(9)8-13(21)17-11-3-2-4-12-14(11)19-23-18-12/h2-4,9-10H,5-8H2,1H3,(H2,16,22)(H,17,21). The van der Waals surface area contributed by atoms with Crippen LogP contribution in [0.15, 0.2) is 18.2 Å². The van der Waals surface area contributed by atoms with Gasteiger partial charge in [0.25, 0.3) is 0 Å². The highest BCUT2D eigenvalue weighted by atomic mass is 32.1. The van der Waals surface area contributed by atoms with E-state index in [0.717, 1.165) is 30.1 Å². The zero-order valence-electron chi connectivity index (χ0n) is 12.9. The number of hydrogen-bond acceptors (Lipinski definition) is 6. The van der Waals surface area contributed by atoms with Crippen LogP contribution in [0.1, 0.15) is 19.8 Å². The van der Waals surface area contributed by atoms with Gasteiger partial charge >= 0.3 is 0 Å². The van der Waals surface area contributed by atoms with Crippen molar-refractivity contribution >= 4 is 40.3 Å². The quantitative estimate of drug-likeness (QED) is 0.876. The van der Waals surface area contributed by atoms with Crippen molar-refractivity contribution in [1.82, 2.24) is 13.6 Å². The highest BCUT2D eigenvalue weighted by Gasteiger charge is 2.29. The SMILES string of the molecule is CC1CCC(C(N)=O)CN1CC(=O)Nc1cccc2nsnc12. The molecular weight excluding hydrogens is 314 g/mol. The lowest BCUT2D eigenvalue weighted by atomic mass is 9.93. The lowest BCUT2D eigenvalue weighted by Gasteiger charge is -2.36. The Kier molecular flexibility index (Phi) is 4.53. The normalized spacial score (nSPS) is 22.1. The average Bonchev–Trinajstić information content (AvgIpc) is 2.99. The molecule has 7 nitrogen and oxygen atoms in total. The Hall–Kier alpha value is -2.06. The number of anilines is 1. The first-order valence-corrected chi connectivity index (χ1v) is 8.32. The number of hydrogen-bond donors (Lipinski definition) is 2. The van der Waals surface area contributed by atoms with Crippen molar-refractivity contribution in [1.29, 1.82) is 0 Å². The fourth-order valence-electron chi connectivity index (χ4n) is 2.91. The molecule has 1 aromatic heterocycles. The summed E-state index contributed by atoms with van der Waals surface area (Å²) in [5.74, 6) is -0.590. The van der Waals surface area contributed by atoms with Crippen molar-refractivity contribution < 1.29 is 9.59 Å². The molecule has 1 fully saturated rings. The van der Waals surface area contributed by atoms with Gasteiger partial charge in [0.05, 0.1) is 29.9 Å². The molecule has 2 amide bonds. The van der Waals surface area contributed by atoms with E-state index in [-0.39, 0.29) is 30.3 Å². The second-order valence-electron chi connectivity index (χ2n) is 5.94. The fraction of sp³-hybridized carbons (Fsp3) is 0.467. The summed E-state index contributed by atoms with van der Waals surface area (Å²) in [4.78, 5) is 25.7. The molecule has 0 aliphatic carbocycles. The molecule has 0 spiro atoms. The van der Waals surface area contributed by atoms with Gasteiger partial charge in [-0.2, -0.15) is 8.75 Å². The molecule has 1 aromatic carbocycles. The molecule has 1 aliphatic rings. The van der Waals surface area contributed by atoms with Crippen LogP contribution in [0.5, 0.6) is 0 Å². The zero-order chi connectivity index (χ0) is 16.4. The van der Waals surface area contributed by atoms with Crippen LogP contribution in [-0.4, -0.2) is 44.6 Å². The fourth-order valence-corrected chi connectivity index (χ4v) is 3.46. The third kappa shape index (κ3) is 3.48. The number of fused-ring (bicyclic) bond motifs is 1. The van der Waals surface area contributed by atoms with Gasteiger partial charge in [-0.25, -0.2) is 0 Å². The summed E-state index contributed by atoms with van der Waals surface area (Å²) in [7, 11) is 0. The van der Waals surface area contributed by atoms with E-state index in [9.17, 15) is 9.59 Å². The van der Waals surface area contributed by atoms with Crippen LogP contribution in [0.2, 0.25) is 0 Å². The number of nitrogens with two attached hydrogens (primary N) is 1. The summed E-state index contributed by atoms with van der Waals surface area (Å²) in [6.45, 7) is 2.83. The third-order valence-corrected chi connectivity index (χ3v) is 4.86. The Morgan fingerprint density at radius 2 is 2.22 bits per heavy atom. The predicted octanol–water partition coefficient (Wildman–Crippen LogP) is 1.22. The van der Waals surface area contributed by atoms with Gasteiger partial charge in [0.2, 0.25) is 11.8 Å². The third-order valence-electron chi connectivity index (χ3n) is 4.32. The van der Waals surface area contributed by atoms with Crippen molar-refractivity contribution in [3.63, 3.8) is 0 Å². The van der Waals surface area contributed by atoms with Crippen molar-refractivity contribution in [3.05, 3.63) is 18.2 Å². The maximum atomic E-state index is 12.4. The first kappa shape index (κ1) is 15.8. The molecule has 0 radical (unpaired) electrons. The molecule has 122 valence electrons. The lowest BCUT2D eigenvalue weighted by molar-refractivity contribution is -0.126. The number of carbonyl (C=O) groups excluding carboxylic acids is 2. The summed E-state index contributed by atoms with van der Waals surface area (Å²) >= 11 is 1.12. The first-order chi connectivity index (χ1) is 11.0. The number of rotatable bonds is 4. The minimum absolute atomic E-state index is 0.123. The van der Waals surface area contributed by atoms with Crippen LogP contribution in [0.3, 0.4) is 0 Å². The summed E-state index contributed by atoms with van der Waals surface area (Å²) in [5.41, 5.74) is 7.54. The molecular formula is C15H19N5O2S. The Labute approximate surface area is 138 Å². The molecule has 0 bridgehead atoms. The van der Waals surface area contributed by atoms with Gasteiger partial charge in [0.1, 0.15) is 11.0 Å². The van der Waals surface area contributed by atoms with Gasteiger partial charge in [-0.3, -0.25) is 14.5 Å². The van der Waals surface area contributed by atoms with E-state index in [2.05, 4.69) is 21.0 Å². The number of aromatic nitrogens is 2. The Morgan fingerprint density at radius 3 is 3.00 bits per heavy atom. The second kappa shape index (κ2) is 6.59. The van der Waals surface area contributed by atoms with E-state index in [0.29, 0.717) is 17.7 Å². The highest BCUT2D eigenvalue weighted by molar-refractivity contribution is 7.00. The number of likely N-dealkylation sites (tertiary alicyclic amines) is 1. The molecule has 2 unspecified atom stereocenters. The summed E-state index contributed by atoms with van der Waals surface area (Å²) in [5, 5.41) is 2.89. The van der Waals surface area contributed by atoms with E-state index < -0.39 is 0 Å². The van der Waals surface area contributed by atoms with Crippen LogP contribution in [0.25, 0.3) is 11.0 Å². The van der Waals surface area contributed by atoms with Crippen molar-refractivity contribution in [3.8, 4) is 0 Å². The summed E-state index contributed by atoms with van der Waals surface area (Å²) in [6.07, 6.45) is 1.66. The molecule has 23 heavy (non-hydrogen) atoms. The van der Waals surface area contributed by atoms with Gasteiger partial charge in [0, 0.05) is 12.6 Å². The number of piperidine rings is 1. The minimum atomic E-state index is -0.291. The number of primary amides is 1. The van der Waals surface area contributed by atoms with Gasteiger partial charge in [-0.1, -0.05) is 6.07 Å². The predicted molar refractivity (Wildman–Crippen MR) is 89.0 cm³/mol. The molecule has 1 aliphatic heterocycles. The highest BCUT2D eigenvalue weighted by Crippen LogP contribution is 2.23. The van der Waals surface area contributed by atoms with Gasteiger partial charge < -0.3 is 11.1 Å². The van der Waals surface area contributed by atoms with Crippen LogP contribution in [0.4, 0.5) is 5.69 Å². The molecule has 2 aromatic rings. The van der Waals surface area contributed by atoms with Gasteiger partial charge in [0.15, 0.2) is 0 Å². The average molecular weight is 333 g/mol. The Balaban J connectivity index is 1.66.